The van der Waals surface area contributed by atoms with Gasteiger partial charge < -0.3 is 4.84 Å². The number of nitrogens with one attached hydrogen (secondary N) is 1. The van der Waals surface area contributed by atoms with Gasteiger partial charge in [-0.25, -0.2) is 10.3 Å². The topological polar surface area (TPSA) is 41.6 Å². The number of benzene rings is 1. The maximum atomic E-state index is 12.0. The second kappa shape index (κ2) is 9.23. The third-order valence-corrected chi connectivity index (χ3v) is 4.30. The van der Waals surface area contributed by atoms with Gasteiger partial charge in [0.1, 0.15) is 0 Å². The predicted molar refractivity (Wildman–Crippen MR) is 102 cm³/mol. The average molecular weight is 340 g/mol. The van der Waals surface area contributed by atoms with Gasteiger partial charge >= 0.3 is 5.97 Å². The Bertz CT molecular complexity index is 658. The lowest BCUT2D eigenvalue weighted by atomic mass is 10.1. The van der Waals surface area contributed by atoms with Gasteiger partial charge in [0, 0.05) is 12.6 Å². The van der Waals surface area contributed by atoms with E-state index in [-0.39, 0.29) is 0 Å². The maximum absolute atomic E-state index is 12.0. The van der Waals surface area contributed by atoms with E-state index < -0.39 is 5.97 Å². The zero-order chi connectivity index (χ0) is 18.2. The van der Waals surface area contributed by atoms with Crippen LogP contribution in [0.4, 0.5) is 0 Å². The minimum atomic E-state index is -0.404. The highest BCUT2D eigenvalue weighted by molar-refractivity contribution is 5.89. The van der Waals surface area contributed by atoms with Gasteiger partial charge in [0.2, 0.25) is 0 Å². The van der Waals surface area contributed by atoms with E-state index in [1.54, 1.807) is 12.1 Å². The molecule has 0 amide bonds. The molecule has 134 valence electrons. The molecule has 1 aliphatic rings. The van der Waals surface area contributed by atoms with Crippen LogP contribution in [0.3, 0.4) is 0 Å². The predicted octanol–water partition coefficient (Wildman–Crippen LogP) is 4.24. The molecule has 4 heteroatoms. The summed E-state index contributed by atoms with van der Waals surface area (Å²) in [6, 6.07) is 9.63. The van der Waals surface area contributed by atoms with Crippen molar-refractivity contribution in [3.05, 3.63) is 71.5 Å². The smallest absolute Gasteiger partial charge is 0.338 e. The van der Waals surface area contributed by atoms with Crippen LogP contribution in [0.15, 0.2) is 65.9 Å². The number of hydrogen-bond acceptors (Lipinski definition) is 4. The number of carbonyl (C=O) groups excluding carboxylic acids is 1. The highest BCUT2D eigenvalue weighted by atomic mass is 16.7. The number of allylic oxidation sites excluding steroid dienone is 2. The number of rotatable bonds is 9. The molecule has 0 atom stereocenters. The average Bonchev–Trinajstić information content (AvgIpc) is 3.46. The van der Waals surface area contributed by atoms with Gasteiger partial charge in [0.05, 0.1) is 11.3 Å². The molecular weight excluding hydrogens is 312 g/mol. The van der Waals surface area contributed by atoms with Crippen LogP contribution in [0, 0.1) is 0 Å². The fourth-order valence-electron chi connectivity index (χ4n) is 2.56. The number of carbonyl (C=O) groups is 1. The van der Waals surface area contributed by atoms with E-state index >= 15 is 0 Å². The fraction of sp³-hybridized carbons (Fsp3) is 0.381. The van der Waals surface area contributed by atoms with E-state index in [1.807, 2.05) is 44.2 Å². The van der Waals surface area contributed by atoms with Crippen LogP contribution in [0.5, 0.6) is 0 Å². The molecule has 4 nitrogen and oxygen atoms in total. The van der Waals surface area contributed by atoms with Crippen molar-refractivity contribution in [2.75, 3.05) is 13.1 Å². The molecule has 0 heterocycles. The van der Waals surface area contributed by atoms with Gasteiger partial charge in [-0.3, -0.25) is 4.90 Å². The van der Waals surface area contributed by atoms with Gasteiger partial charge in [-0.2, -0.15) is 0 Å². The Morgan fingerprint density at radius 2 is 2.04 bits per heavy atom. The van der Waals surface area contributed by atoms with E-state index in [1.165, 1.54) is 12.8 Å². The van der Waals surface area contributed by atoms with Crippen molar-refractivity contribution in [2.45, 2.75) is 39.7 Å². The van der Waals surface area contributed by atoms with Crippen LogP contribution < -0.4 is 5.48 Å². The third-order valence-electron chi connectivity index (χ3n) is 4.30. The summed E-state index contributed by atoms with van der Waals surface area (Å²) >= 11 is 0. The van der Waals surface area contributed by atoms with Gasteiger partial charge in [0.25, 0.3) is 0 Å². The molecule has 0 aliphatic heterocycles. The van der Waals surface area contributed by atoms with Crippen molar-refractivity contribution in [3.63, 3.8) is 0 Å². The van der Waals surface area contributed by atoms with E-state index in [0.717, 1.165) is 29.9 Å². The number of nitrogens with zero attached hydrogens (tertiary/aromatic N) is 1. The van der Waals surface area contributed by atoms with Crippen molar-refractivity contribution in [3.8, 4) is 0 Å². The van der Waals surface area contributed by atoms with Gasteiger partial charge in [0.15, 0.2) is 0 Å². The number of hydrogen-bond donors (Lipinski definition) is 1. The lowest BCUT2D eigenvalue weighted by molar-refractivity contribution is 0.0331. The molecule has 0 saturated heterocycles. The second-order valence-corrected chi connectivity index (χ2v) is 6.35. The Kier molecular flexibility index (Phi) is 7.02. The summed E-state index contributed by atoms with van der Waals surface area (Å²) in [4.78, 5) is 19.7. The first kappa shape index (κ1) is 19.0. The summed E-state index contributed by atoms with van der Waals surface area (Å²) in [5.74, 6) is -0.404. The molecule has 1 fully saturated rings. The molecule has 0 bridgehead atoms. The lowest BCUT2D eigenvalue weighted by Gasteiger charge is -2.22. The quantitative estimate of drug-likeness (QED) is 0.539. The third kappa shape index (κ3) is 5.91. The molecule has 0 radical (unpaired) electrons. The summed E-state index contributed by atoms with van der Waals surface area (Å²) in [5.41, 5.74) is 6.19. The summed E-state index contributed by atoms with van der Waals surface area (Å²) in [5, 5.41) is 0. The van der Waals surface area contributed by atoms with E-state index in [4.69, 9.17) is 4.84 Å². The highest BCUT2D eigenvalue weighted by Crippen LogP contribution is 2.28. The van der Waals surface area contributed by atoms with Crippen LogP contribution >= 0.6 is 0 Å². The van der Waals surface area contributed by atoms with Crippen molar-refractivity contribution in [1.29, 1.82) is 0 Å². The highest BCUT2D eigenvalue weighted by Gasteiger charge is 2.28. The van der Waals surface area contributed by atoms with Crippen LogP contribution in [0.2, 0.25) is 0 Å². The Balaban J connectivity index is 2.00. The minimum Gasteiger partial charge on any atom is -0.338 e. The van der Waals surface area contributed by atoms with Crippen LogP contribution in [-0.4, -0.2) is 30.0 Å². The van der Waals surface area contributed by atoms with Gasteiger partial charge in [-0.05, 0) is 57.0 Å². The molecule has 0 spiro atoms. The Morgan fingerprint density at radius 3 is 2.56 bits per heavy atom. The Hall–Kier alpha value is -2.33. The van der Waals surface area contributed by atoms with Gasteiger partial charge in [-0.15, -0.1) is 0 Å². The van der Waals surface area contributed by atoms with Crippen molar-refractivity contribution in [1.82, 2.24) is 10.4 Å². The summed E-state index contributed by atoms with van der Waals surface area (Å²) < 4.78 is 0. The van der Waals surface area contributed by atoms with Crippen LogP contribution in [0.1, 0.15) is 44.0 Å². The van der Waals surface area contributed by atoms with E-state index in [2.05, 4.69) is 23.9 Å². The monoisotopic (exact) mass is 340 g/mol. The first-order valence-corrected chi connectivity index (χ1v) is 8.84. The second-order valence-electron chi connectivity index (χ2n) is 6.35. The number of hydroxylamine groups is 1. The van der Waals surface area contributed by atoms with Gasteiger partial charge in [-0.1, -0.05) is 43.4 Å². The summed E-state index contributed by atoms with van der Waals surface area (Å²) in [7, 11) is 0. The molecule has 1 aromatic rings. The molecule has 2 rings (SSSR count). The minimum absolute atomic E-state index is 0.404. The molecule has 1 saturated carbocycles. The zero-order valence-corrected chi connectivity index (χ0v) is 15.4. The molecule has 0 unspecified atom stereocenters. The van der Waals surface area contributed by atoms with Crippen molar-refractivity contribution >= 4 is 5.97 Å². The van der Waals surface area contributed by atoms with Crippen molar-refractivity contribution < 1.29 is 9.63 Å². The normalized spacial score (nSPS) is 15.2. The summed E-state index contributed by atoms with van der Waals surface area (Å²) in [6.45, 7) is 12.1. The maximum Gasteiger partial charge on any atom is 0.362 e. The molecule has 25 heavy (non-hydrogen) atoms. The standard InChI is InChI=1S/C21H28N2O2/c1-5-19(22-25-21(24)17-10-8-7-9-11-17)14-18(16(3)4)15-23(6-2)20-12-13-20/h5,7-11,14,20,22H,3,6,12-13,15H2,1-2,4H3/b18-14-,19-5+. The zero-order valence-electron chi connectivity index (χ0n) is 15.4. The number of likely N-dealkylation sites (N-methyl/N-ethyl adjacent to an activating group) is 1. The van der Waals surface area contributed by atoms with Crippen LogP contribution in [-0.2, 0) is 4.84 Å². The van der Waals surface area contributed by atoms with E-state index in [9.17, 15) is 4.79 Å². The Labute approximate surface area is 150 Å². The molecule has 1 aliphatic carbocycles. The first-order valence-electron chi connectivity index (χ1n) is 8.84. The molecule has 1 aromatic carbocycles. The first-order chi connectivity index (χ1) is 12.0. The molecule has 1 N–H and O–H groups in total. The Morgan fingerprint density at radius 1 is 1.36 bits per heavy atom. The molecule has 0 aromatic heterocycles. The summed E-state index contributed by atoms with van der Waals surface area (Å²) in [6.07, 6.45) is 6.45. The molecular formula is C21H28N2O2. The van der Waals surface area contributed by atoms with E-state index in [0.29, 0.717) is 11.6 Å². The fourth-order valence-corrected chi connectivity index (χ4v) is 2.56. The van der Waals surface area contributed by atoms with Crippen LogP contribution in [0.25, 0.3) is 0 Å². The SMILES string of the molecule is C=C(C)/C(=C\C(=C/C)NOC(=O)c1ccccc1)CN(CC)C1CC1. The van der Waals surface area contributed by atoms with Crippen molar-refractivity contribution in [2.24, 2.45) is 0 Å². The largest absolute Gasteiger partial charge is 0.362 e. The lowest BCUT2D eigenvalue weighted by Crippen LogP contribution is -2.28.